The highest BCUT2D eigenvalue weighted by atomic mass is 16.5. The monoisotopic (exact) mass is 544 g/mol. The average molecular weight is 545 g/mol. The van der Waals surface area contributed by atoms with E-state index in [0.29, 0.717) is 51.0 Å². The quantitative estimate of drug-likeness (QED) is 0.511. The molecule has 12 nitrogen and oxygen atoms in total. The Hall–Kier alpha value is -4.03. The molecule has 0 bridgehead atoms. The van der Waals surface area contributed by atoms with E-state index in [1.807, 2.05) is 19.2 Å². The van der Waals surface area contributed by atoms with Gasteiger partial charge in [0.2, 0.25) is 11.9 Å². The molecule has 0 atom stereocenters. The van der Waals surface area contributed by atoms with E-state index in [0.717, 1.165) is 60.9 Å². The van der Waals surface area contributed by atoms with Crippen molar-refractivity contribution in [2.24, 2.45) is 0 Å². The molecule has 5 heterocycles. The van der Waals surface area contributed by atoms with Crippen molar-refractivity contribution in [1.82, 2.24) is 24.8 Å². The molecule has 3 aromatic rings. The summed E-state index contributed by atoms with van der Waals surface area (Å²) in [5.41, 5.74) is 10.1. The second kappa shape index (κ2) is 11.2. The molecule has 2 saturated heterocycles. The predicted octanol–water partition coefficient (Wildman–Crippen LogP) is 2.11. The molecule has 2 fully saturated rings. The van der Waals surface area contributed by atoms with Gasteiger partial charge in [0.1, 0.15) is 5.82 Å². The van der Waals surface area contributed by atoms with Crippen molar-refractivity contribution in [2.45, 2.75) is 13.3 Å². The van der Waals surface area contributed by atoms with Gasteiger partial charge >= 0.3 is 6.03 Å². The normalized spacial score (nSPS) is 17.7. The molecule has 6 rings (SSSR count). The summed E-state index contributed by atoms with van der Waals surface area (Å²) in [6.45, 7) is 10.4. The summed E-state index contributed by atoms with van der Waals surface area (Å²) < 4.78 is 5.54. The number of fused-ring (bicyclic) bond motifs is 1. The number of rotatable bonds is 5. The van der Waals surface area contributed by atoms with Crippen LogP contribution in [0.2, 0.25) is 0 Å². The molecule has 3 aliphatic heterocycles. The first kappa shape index (κ1) is 26.2. The van der Waals surface area contributed by atoms with Crippen molar-refractivity contribution < 1.29 is 9.53 Å². The van der Waals surface area contributed by atoms with Crippen LogP contribution >= 0.6 is 0 Å². The zero-order valence-corrected chi connectivity index (χ0v) is 23.2. The van der Waals surface area contributed by atoms with Crippen LogP contribution < -0.4 is 25.3 Å². The fraction of sp³-hybridized carbons (Fsp3) is 0.464. The number of nitrogens with two attached hydrogens (primary N) is 1. The third kappa shape index (κ3) is 5.11. The van der Waals surface area contributed by atoms with Crippen molar-refractivity contribution in [3.8, 4) is 11.3 Å². The van der Waals surface area contributed by atoms with Crippen LogP contribution in [0.3, 0.4) is 0 Å². The SMILES string of the molecule is CCN1CCN(c2cccc(N(C)C(=O)N3CCc4c(-c5cnc(N)nc5)nc(N5CCOCC5)nc43)c2)CC1. The molecule has 0 radical (unpaired) electrons. The topological polar surface area (TPSA) is 120 Å². The maximum Gasteiger partial charge on any atom is 0.329 e. The molecular formula is C28H36N10O2. The number of nitrogen functional groups attached to an aromatic ring is 1. The third-order valence-electron chi connectivity index (χ3n) is 7.97. The lowest BCUT2D eigenvalue weighted by Gasteiger charge is -2.36. The van der Waals surface area contributed by atoms with E-state index in [2.05, 4.69) is 43.7 Å². The molecule has 40 heavy (non-hydrogen) atoms. The number of morpholine rings is 1. The largest absolute Gasteiger partial charge is 0.378 e. The van der Waals surface area contributed by atoms with Crippen LogP contribution in [0.1, 0.15) is 12.5 Å². The summed E-state index contributed by atoms with van der Waals surface area (Å²) in [6.07, 6.45) is 3.99. The number of likely N-dealkylation sites (N-methyl/N-ethyl adjacent to an activating group) is 1. The minimum absolute atomic E-state index is 0.127. The van der Waals surface area contributed by atoms with Gasteiger partial charge in [-0.15, -0.1) is 0 Å². The zero-order valence-electron chi connectivity index (χ0n) is 23.2. The van der Waals surface area contributed by atoms with Crippen molar-refractivity contribution in [1.29, 1.82) is 0 Å². The Morgan fingerprint density at radius 2 is 1.75 bits per heavy atom. The van der Waals surface area contributed by atoms with Gasteiger partial charge < -0.3 is 25.2 Å². The van der Waals surface area contributed by atoms with E-state index in [-0.39, 0.29) is 12.0 Å². The van der Waals surface area contributed by atoms with E-state index in [1.54, 1.807) is 22.2 Å². The second-order valence-corrected chi connectivity index (χ2v) is 10.3. The van der Waals surface area contributed by atoms with Gasteiger partial charge in [-0.2, -0.15) is 4.98 Å². The molecule has 0 unspecified atom stereocenters. The number of amides is 2. The Kier molecular flexibility index (Phi) is 7.35. The molecule has 0 aliphatic carbocycles. The lowest BCUT2D eigenvalue weighted by atomic mass is 10.1. The summed E-state index contributed by atoms with van der Waals surface area (Å²) in [5.74, 6) is 1.41. The van der Waals surface area contributed by atoms with Crippen LogP contribution in [-0.2, 0) is 11.2 Å². The van der Waals surface area contributed by atoms with E-state index in [1.165, 1.54) is 0 Å². The number of urea groups is 1. The fourth-order valence-corrected chi connectivity index (χ4v) is 5.55. The van der Waals surface area contributed by atoms with E-state index < -0.39 is 0 Å². The van der Waals surface area contributed by atoms with Gasteiger partial charge in [0.05, 0.1) is 18.9 Å². The predicted molar refractivity (Wildman–Crippen MR) is 156 cm³/mol. The minimum atomic E-state index is -0.127. The van der Waals surface area contributed by atoms with Crippen molar-refractivity contribution >= 4 is 35.1 Å². The molecule has 0 saturated carbocycles. The highest BCUT2D eigenvalue weighted by Crippen LogP contribution is 2.36. The fourth-order valence-electron chi connectivity index (χ4n) is 5.55. The number of carbonyl (C=O) groups excluding carboxylic acids is 1. The summed E-state index contributed by atoms with van der Waals surface area (Å²) >= 11 is 0. The lowest BCUT2D eigenvalue weighted by molar-refractivity contribution is 0.122. The third-order valence-corrected chi connectivity index (χ3v) is 7.97. The maximum absolute atomic E-state index is 14.0. The molecule has 1 aromatic carbocycles. The van der Waals surface area contributed by atoms with Gasteiger partial charge in [-0.3, -0.25) is 9.80 Å². The van der Waals surface area contributed by atoms with Crippen LogP contribution in [0.5, 0.6) is 0 Å². The smallest absolute Gasteiger partial charge is 0.329 e. The number of aromatic nitrogens is 4. The highest BCUT2D eigenvalue weighted by Gasteiger charge is 2.33. The summed E-state index contributed by atoms with van der Waals surface area (Å²) in [5, 5.41) is 0. The lowest BCUT2D eigenvalue weighted by Crippen LogP contribution is -2.46. The van der Waals surface area contributed by atoms with Crippen LogP contribution in [0.15, 0.2) is 36.7 Å². The molecule has 210 valence electrons. The molecule has 2 aromatic heterocycles. The van der Waals surface area contributed by atoms with Crippen molar-refractivity contribution in [3.05, 3.63) is 42.2 Å². The first-order valence-electron chi connectivity index (χ1n) is 14.0. The Morgan fingerprint density at radius 3 is 2.48 bits per heavy atom. The molecule has 3 aliphatic rings. The number of carbonyl (C=O) groups is 1. The standard InChI is InChI=1S/C28H36N10O2/c1-3-35-9-11-36(12-10-35)22-6-4-5-21(17-22)34(2)28(39)38-8-7-23-24(20-18-30-26(29)31-19-20)32-27(33-25(23)38)37-13-15-40-16-14-37/h4-6,17-19H,3,7-16H2,1-2H3,(H2,29,30,31). The molecular weight excluding hydrogens is 508 g/mol. The van der Waals surface area contributed by atoms with Gasteiger partial charge in [0.25, 0.3) is 0 Å². The number of anilines is 5. The molecule has 12 heteroatoms. The van der Waals surface area contributed by atoms with Gasteiger partial charge in [-0.05, 0) is 31.2 Å². The summed E-state index contributed by atoms with van der Waals surface area (Å²) in [6, 6.07) is 8.11. The number of ether oxygens (including phenoxy) is 1. The van der Waals surface area contributed by atoms with Crippen LogP contribution in [0, 0.1) is 0 Å². The Balaban J connectivity index is 1.29. The molecule has 0 spiro atoms. The number of hydrogen-bond acceptors (Lipinski definition) is 10. The van der Waals surface area contributed by atoms with Crippen LogP contribution in [0.25, 0.3) is 11.3 Å². The first-order chi connectivity index (χ1) is 19.5. The van der Waals surface area contributed by atoms with Gasteiger partial charge in [0.15, 0.2) is 0 Å². The number of nitrogens with zero attached hydrogens (tertiary/aromatic N) is 9. The van der Waals surface area contributed by atoms with Gasteiger partial charge in [-0.1, -0.05) is 13.0 Å². The maximum atomic E-state index is 14.0. The number of hydrogen-bond donors (Lipinski definition) is 1. The van der Waals surface area contributed by atoms with E-state index in [4.69, 9.17) is 20.4 Å². The number of benzene rings is 1. The molecule has 2 amide bonds. The summed E-state index contributed by atoms with van der Waals surface area (Å²) in [4.78, 5) is 42.6. The average Bonchev–Trinajstić information content (AvgIpc) is 3.45. The second-order valence-electron chi connectivity index (χ2n) is 10.3. The van der Waals surface area contributed by atoms with E-state index in [9.17, 15) is 4.79 Å². The highest BCUT2D eigenvalue weighted by molar-refractivity contribution is 6.04. The van der Waals surface area contributed by atoms with Crippen molar-refractivity contribution in [3.63, 3.8) is 0 Å². The van der Waals surface area contributed by atoms with Gasteiger partial charge in [0, 0.05) is 87.8 Å². The Labute approximate surface area is 234 Å². The van der Waals surface area contributed by atoms with Gasteiger partial charge in [-0.25, -0.2) is 19.7 Å². The minimum Gasteiger partial charge on any atom is -0.378 e. The Morgan fingerprint density at radius 1 is 1.00 bits per heavy atom. The van der Waals surface area contributed by atoms with E-state index >= 15 is 0 Å². The number of piperazine rings is 1. The zero-order chi connectivity index (χ0) is 27.6. The Bertz CT molecular complexity index is 1350. The van der Waals surface area contributed by atoms with Crippen LogP contribution in [-0.4, -0.2) is 103 Å². The van der Waals surface area contributed by atoms with Crippen LogP contribution in [0.4, 0.5) is 33.9 Å². The molecule has 2 N–H and O–H groups in total. The summed E-state index contributed by atoms with van der Waals surface area (Å²) in [7, 11) is 1.83. The first-order valence-corrected chi connectivity index (χ1v) is 14.0. The van der Waals surface area contributed by atoms with Crippen molar-refractivity contribution in [2.75, 3.05) is 98.0 Å².